The van der Waals surface area contributed by atoms with E-state index in [1.165, 1.54) is 0 Å². The second kappa shape index (κ2) is 4.30. The molecule has 1 aliphatic carbocycles. The number of hydrogen-bond donors (Lipinski definition) is 1. The zero-order valence-electron chi connectivity index (χ0n) is 12.5. The summed E-state index contributed by atoms with van der Waals surface area (Å²) in [6.45, 7) is 10.2. The van der Waals surface area contributed by atoms with E-state index in [0.717, 1.165) is 12.2 Å². The van der Waals surface area contributed by atoms with E-state index in [0.29, 0.717) is 22.7 Å². The number of benzene rings is 1. The smallest absolute Gasteiger partial charge is 0.247 e. The third-order valence-corrected chi connectivity index (χ3v) is 5.25. The molecule has 0 saturated heterocycles. The lowest BCUT2D eigenvalue weighted by atomic mass is 10.0. The van der Waals surface area contributed by atoms with Crippen LogP contribution < -0.4 is 5.32 Å². The summed E-state index contributed by atoms with van der Waals surface area (Å²) in [7, 11) is 0. The Morgan fingerprint density at radius 2 is 1.75 bits per heavy atom. The number of tetrazole rings is 1. The lowest BCUT2D eigenvalue weighted by molar-refractivity contribution is 0.457. The topological polar surface area (TPSA) is 55.6 Å². The number of rotatable bonds is 4. The highest BCUT2D eigenvalue weighted by molar-refractivity contribution is 5.38. The van der Waals surface area contributed by atoms with Gasteiger partial charge in [-0.3, -0.25) is 0 Å². The molecule has 3 rings (SSSR count). The van der Waals surface area contributed by atoms with Gasteiger partial charge in [0.25, 0.3) is 0 Å². The second-order valence-corrected chi connectivity index (χ2v) is 6.63. The van der Waals surface area contributed by atoms with E-state index in [9.17, 15) is 0 Å². The van der Waals surface area contributed by atoms with Gasteiger partial charge in [-0.15, -0.1) is 0 Å². The molecule has 1 heterocycles. The average Bonchev–Trinajstić information content (AvgIpc) is 2.76. The van der Waals surface area contributed by atoms with Gasteiger partial charge in [0.1, 0.15) is 0 Å². The first kappa shape index (κ1) is 13.1. The Labute approximate surface area is 119 Å². The SMILES string of the molecule is CC1(C)C(CNc2nnnn2-c2ccccc2)C1(C)C. The Kier molecular flexibility index (Phi) is 2.81. The maximum atomic E-state index is 4.08. The predicted molar refractivity (Wildman–Crippen MR) is 78.7 cm³/mol. The molecule has 5 nitrogen and oxygen atoms in total. The molecular weight excluding hydrogens is 250 g/mol. The van der Waals surface area contributed by atoms with Gasteiger partial charge in [0.15, 0.2) is 0 Å². The van der Waals surface area contributed by atoms with Crippen LogP contribution in [0.2, 0.25) is 0 Å². The van der Waals surface area contributed by atoms with Gasteiger partial charge >= 0.3 is 0 Å². The third kappa shape index (κ3) is 1.88. The molecule has 1 N–H and O–H groups in total. The van der Waals surface area contributed by atoms with Crippen molar-refractivity contribution in [3.8, 4) is 5.69 Å². The molecule has 1 aliphatic rings. The minimum atomic E-state index is 0.366. The summed E-state index contributed by atoms with van der Waals surface area (Å²) in [6.07, 6.45) is 0. The van der Waals surface area contributed by atoms with Gasteiger partial charge in [-0.25, -0.2) is 0 Å². The maximum Gasteiger partial charge on any atom is 0.247 e. The molecule has 2 aromatic rings. The molecule has 1 aromatic carbocycles. The third-order valence-electron chi connectivity index (χ3n) is 5.25. The van der Waals surface area contributed by atoms with Crippen LogP contribution in [0.15, 0.2) is 30.3 Å². The summed E-state index contributed by atoms with van der Waals surface area (Å²) >= 11 is 0. The first-order valence-corrected chi connectivity index (χ1v) is 7.02. The van der Waals surface area contributed by atoms with Crippen molar-refractivity contribution in [3.63, 3.8) is 0 Å². The molecule has 1 aromatic heterocycles. The highest BCUT2D eigenvalue weighted by Crippen LogP contribution is 2.68. The Hall–Kier alpha value is -1.91. The van der Waals surface area contributed by atoms with Crippen molar-refractivity contribution in [1.82, 2.24) is 20.2 Å². The van der Waals surface area contributed by atoms with Crippen LogP contribution in [-0.2, 0) is 0 Å². The van der Waals surface area contributed by atoms with Gasteiger partial charge in [0.2, 0.25) is 5.95 Å². The Balaban J connectivity index is 1.73. The molecule has 0 bridgehead atoms. The molecule has 5 heteroatoms. The zero-order chi connectivity index (χ0) is 14.4. The number of nitrogens with one attached hydrogen (secondary N) is 1. The predicted octanol–water partition coefficient (Wildman–Crippen LogP) is 2.76. The van der Waals surface area contributed by atoms with E-state index >= 15 is 0 Å². The summed E-state index contributed by atoms with van der Waals surface area (Å²) < 4.78 is 1.74. The molecule has 106 valence electrons. The van der Waals surface area contributed by atoms with Crippen molar-refractivity contribution >= 4 is 5.95 Å². The first-order chi connectivity index (χ1) is 9.44. The molecule has 0 atom stereocenters. The van der Waals surface area contributed by atoms with Crippen molar-refractivity contribution in [3.05, 3.63) is 30.3 Å². The van der Waals surface area contributed by atoms with E-state index in [-0.39, 0.29) is 0 Å². The Morgan fingerprint density at radius 1 is 1.10 bits per heavy atom. The molecule has 0 radical (unpaired) electrons. The van der Waals surface area contributed by atoms with Crippen molar-refractivity contribution in [2.24, 2.45) is 16.7 Å². The fourth-order valence-corrected chi connectivity index (χ4v) is 3.08. The largest absolute Gasteiger partial charge is 0.352 e. The minimum absolute atomic E-state index is 0.366. The summed E-state index contributed by atoms with van der Waals surface area (Å²) in [6, 6.07) is 9.93. The molecule has 0 amide bonds. The van der Waals surface area contributed by atoms with Gasteiger partial charge in [-0.2, -0.15) is 4.68 Å². The highest BCUT2D eigenvalue weighted by atomic mass is 15.6. The quantitative estimate of drug-likeness (QED) is 0.929. The molecule has 0 aliphatic heterocycles. The molecule has 0 unspecified atom stereocenters. The maximum absolute atomic E-state index is 4.08. The van der Waals surface area contributed by atoms with Gasteiger partial charge in [0, 0.05) is 6.54 Å². The van der Waals surface area contributed by atoms with Crippen LogP contribution in [0.5, 0.6) is 0 Å². The summed E-state index contributed by atoms with van der Waals surface area (Å²) in [5.74, 6) is 1.34. The molecule has 0 spiro atoms. The van der Waals surface area contributed by atoms with E-state index in [1.54, 1.807) is 4.68 Å². The molecule has 1 fully saturated rings. The number of anilines is 1. The normalized spacial score (nSPS) is 19.8. The van der Waals surface area contributed by atoms with Crippen LogP contribution in [0.25, 0.3) is 5.69 Å². The van der Waals surface area contributed by atoms with Crippen LogP contribution in [-0.4, -0.2) is 26.8 Å². The lowest BCUT2D eigenvalue weighted by Crippen LogP contribution is -2.12. The van der Waals surface area contributed by atoms with Crippen LogP contribution >= 0.6 is 0 Å². The Bertz CT molecular complexity index is 586. The number of nitrogens with zero attached hydrogens (tertiary/aromatic N) is 4. The monoisotopic (exact) mass is 271 g/mol. The fraction of sp³-hybridized carbons (Fsp3) is 0.533. The molecule has 1 saturated carbocycles. The van der Waals surface area contributed by atoms with Crippen molar-refractivity contribution in [2.45, 2.75) is 27.7 Å². The highest BCUT2D eigenvalue weighted by Gasteiger charge is 2.64. The average molecular weight is 271 g/mol. The van der Waals surface area contributed by atoms with Gasteiger partial charge in [0.05, 0.1) is 5.69 Å². The van der Waals surface area contributed by atoms with E-state index in [1.807, 2.05) is 30.3 Å². The fourth-order valence-electron chi connectivity index (χ4n) is 3.08. The van der Waals surface area contributed by atoms with Crippen molar-refractivity contribution in [1.29, 1.82) is 0 Å². The standard InChI is InChI=1S/C15H21N5/c1-14(2)12(15(14,3)4)10-16-13-17-18-19-20(13)11-8-6-5-7-9-11/h5-9,12H,10H2,1-4H3,(H,16,17,19). The van der Waals surface area contributed by atoms with Crippen LogP contribution in [0.1, 0.15) is 27.7 Å². The molecule has 20 heavy (non-hydrogen) atoms. The first-order valence-electron chi connectivity index (χ1n) is 7.02. The number of hydrogen-bond acceptors (Lipinski definition) is 4. The van der Waals surface area contributed by atoms with Crippen molar-refractivity contribution < 1.29 is 0 Å². The van der Waals surface area contributed by atoms with Crippen molar-refractivity contribution in [2.75, 3.05) is 11.9 Å². The van der Waals surface area contributed by atoms with E-state index < -0.39 is 0 Å². The summed E-state index contributed by atoms with van der Waals surface area (Å²) in [5, 5.41) is 15.3. The zero-order valence-corrected chi connectivity index (χ0v) is 12.5. The minimum Gasteiger partial charge on any atom is -0.352 e. The number of aromatic nitrogens is 4. The van der Waals surface area contributed by atoms with E-state index in [2.05, 4.69) is 48.5 Å². The van der Waals surface area contributed by atoms with Gasteiger partial charge < -0.3 is 5.32 Å². The number of para-hydroxylation sites is 1. The summed E-state index contributed by atoms with van der Waals surface area (Å²) in [5.41, 5.74) is 1.70. The van der Waals surface area contributed by atoms with Crippen LogP contribution in [0.3, 0.4) is 0 Å². The van der Waals surface area contributed by atoms with Gasteiger partial charge in [-0.05, 0) is 39.3 Å². The van der Waals surface area contributed by atoms with Crippen LogP contribution in [0.4, 0.5) is 5.95 Å². The Morgan fingerprint density at radius 3 is 2.35 bits per heavy atom. The molecular formula is C15H21N5. The van der Waals surface area contributed by atoms with Gasteiger partial charge in [-0.1, -0.05) is 51.0 Å². The second-order valence-electron chi connectivity index (χ2n) is 6.63. The van der Waals surface area contributed by atoms with E-state index in [4.69, 9.17) is 0 Å². The van der Waals surface area contributed by atoms with Crippen LogP contribution in [0, 0.1) is 16.7 Å². The lowest BCUT2D eigenvalue weighted by Gasteiger charge is -2.07. The summed E-state index contributed by atoms with van der Waals surface area (Å²) in [4.78, 5) is 0.